The second-order valence-electron chi connectivity index (χ2n) is 10.5. The van der Waals surface area contributed by atoms with Crippen molar-refractivity contribution in [3.63, 3.8) is 0 Å². The quantitative estimate of drug-likeness (QED) is 0.194. The first-order chi connectivity index (χ1) is 19.3. The maximum absolute atomic E-state index is 14.8. The molecule has 1 heterocycles. The zero-order valence-electron chi connectivity index (χ0n) is 23.1. The number of ether oxygens (including phenoxy) is 2. The Morgan fingerprint density at radius 3 is 2.67 bits per heavy atom. The highest BCUT2D eigenvalue weighted by molar-refractivity contribution is 9.10. The van der Waals surface area contributed by atoms with Gasteiger partial charge in [0, 0.05) is 28.7 Å². The summed E-state index contributed by atoms with van der Waals surface area (Å²) in [5.74, 6) is 0.436. The number of carbonyl (C=O) groups is 2. The van der Waals surface area contributed by atoms with Gasteiger partial charge < -0.3 is 19.7 Å². The molecular weight excluding hydrogens is 579 g/mol. The summed E-state index contributed by atoms with van der Waals surface area (Å²) in [4.78, 5) is 27.3. The van der Waals surface area contributed by atoms with Crippen LogP contribution in [0, 0.1) is 29.0 Å². The lowest BCUT2D eigenvalue weighted by atomic mass is 9.96. The number of likely N-dealkylation sites (tertiary alicyclic amines) is 1. The van der Waals surface area contributed by atoms with E-state index in [-0.39, 0.29) is 23.4 Å². The average Bonchev–Trinajstić information content (AvgIpc) is 3.71. The smallest absolute Gasteiger partial charge is 0.309 e. The van der Waals surface area contributed by atoms with E-state index in [2.05, 4.69) is 31.5 Å². The minimum atomic E-state index is -0.511. The van der Waals surface area contributed by atoms with Crippen LogP contribution in [0.1, 0.15) is 47.7 Å². The molecular formula is C30H38BrFN4O4. The van der Waals surface area contributed by atoms with E-state index in [0.29, 0.717) is 49.1 Å². The predicted molar refractivity (Wildman–Crippen MR) is 155 cm³/mol. The fourth-order valence-electron chi connectivity index (χ4n) is 5.39. The normalized spacial score (nSPS) is 19.1. The Hall–Kier alpha value is -2.98. The van der Waals surface area contributed by atoms with Crippen LogP contribution in [0.5, 0.6) is 5.75 Å². The molecule has 0 spiro atoms. The molecule has 1 aliphatic heterocycles. The summed E-state index contributed by atoms with van der Waals surface area (Å²) in [5.41, 5.74) is 1.43. The molecule has 0 radical (unpaired) electrons. The SMILES string of the molecule is CCOC(=O)[C@H]1C[C@@H]1CN1CCC(CNC(=N)NC(=O)c2cccc(F)c2CCc2cc(Br)ccc2OC)CC1. The number of guanidine groups is 1. The largest absolute Gasteiger partial charge is 0.496 e. The number of hydrogen-bond acceptors (Lipinski definition) is 6. The van der Waals surface area contributed by atoms with Gasteiger partial charge in [-0.1, -0.05) is 22.0 Å². The number of aryl methyl sites for hydroxylation is 1. The number of nitrogens with zero attached hydrogens (tertiary/aromatic N) is 1. The van der Waals surface area contributed by atoms with Crippen molar-refractivity contribution in [2.75, 3.05) is 39.9 Å². The van der Waals surface area contributed by atoms with Crippen LogP contribution < -0.4 is 15.4 Å². The highest BCUT2D eigenvalue weighted by atomic mass is 79.9. The third-order valence-corrected chi connectivity index (χ3v) is 8.26. The minimum Gasteiger partial charge on any atom is -0.496 e. The molecule has 2 fully saturated rings. The molecule has 216 valence electrons. The Morgan fingerprint density at radius 1 is 1.18 bits per heavy atom. The fraction of sp³-hybridized carbons (Fsp3) is 0.500. The summed E-state index contributed by atoms with van der Waals surface area (Å²) in [7, 11) is 1.59. The Labute approximate surface area is 243 Å². The van der Waals surface area contributed by atoms with E-state index >= 15 is 0 Å². The van der Waals surface area contributed by atoms with Crippen LogP contribution in [0.2, 0.25) is 0 Å². The summed E-state index contributed by atoms with van der Waals surface area (Å²) in [6, 6.07) is 10.1. The Morgan fingerprint density at radius 2 is 1.95 bits per heavy atom. The van der Waals surface area contributed by atoms with E-state index in [1.807, 2.05) is 25.1 Å². The molecule has 4 rings (SSSR count). The van der Waals surface area contributed by atoms with Crippen molar-refractivity contribution in [1.29, 1.82) is 5.41 Å². The molecule has 1 aliphatic carbocycles. The molecule has 0 unspecified atom stereocenters. The van der Waals surface area contributed by atoms with Crippen molar-refractivity contribution in [3.8, 4) is 5.75 Å². The first kappa shape index (κ1) is 30.0. The highest BCUT2D eigenvalue weighted by Crippen LogP contribution is 2.40. The van der Waals surface area contributed by atoms with Gasteiger partial charge in [0.2, 0.25) is 0 Å². The number of methoxy groups -OCH3 is 1. The van der Waals surface area contributed by atoms with Gasteiger partial charge in [0.15, 0.2) is 5.96 Å². The van der Waals surface area contributed by atoms with Gasteiger partial charge in [-0.3, -0.25) is 20.3 Å². The number of halogens is 2. The first-order valence-electron chi connectivity index (χ1n) is 13.9. The number of esters is 1. The van der Waals surface area contributed by atoms with Gasteiger partial charge in [0.05, 0.1) is 19.6 Å². The Kier molecular flexibility index (Phi) is 10.6. The Bertz CT molecular complexity index is 1220. The van der Waals surface area contributed by atoms with E-state index in [9.17, 15) is 14.0 Å². The van der Waals surface area contributed by atoms with Gasteiger partial charge >= 0.3 is 5.97 Å². The van der Waals surface area contributed by atoms with Gasteiger partial charge in [0.1, 0.15) is 11.6 Å². The third-order valence-electron chi connectivity index (χ3n) is 7.77. The molecule has 1 saturated heterocycles. The molecule has 10 heteroatoms. The van der Waals surface area contributed by atoms with Crippen molar-refractivity contribution >= 4 is 33.8 Å². The van der Waals surface area contributed by atoms with Crippen molar-refractivity contribution in [3.05, 3.63) is 63.4 Å². The van der Waals surface area contributed by atoms with E-state index in [0.717, 1.165) is 48.9 Å². The van der Waals surface area contributed by atoms with Crippen LogP contribution in [-0.4, -0.2) is 62.6 Å². The first-order valence-corrected chi connectivity index (χ1v) is 14.7. The van der Waals surface area contributed by atoms with Crippen molar-refractivity contribution < 1.29 is 23.5 Å². The standard InChI is InChI=1S/C30H38BrFN4O4/c1-3-40-29(38)25-16-21(25)18-36-13-11-19(12-14-36)17-34-30(33)35-28(37)24-5-4-6-26(32)23(24)9-7-20-15-22(31)8-10-27(20)39-2/h4-6,8,10,15,19,21,25H,3,7,9,11-14,16-18H2,1-2H3,(H3,33,34,35,37)/t21-,25+/m1/s1. The number of rotatable bonds is 11. The molecule has 8 nitrogen and oxygen atoms in total. The minimum absolute atomic E-state index is 0.0605. The van der Waals surface area contributed by atoms with Crippen molar-refractivity contribution in [1.82, 2.24) is 15.5 Å². The number of benzene rings is 2. The summed E-state index contributed by atoms with van der Waals surface area (Å²) in [5, 5.41) is 13.9. The molecule has 2 aliphatic rings. The fourth-order valence-corrected chi connectivity index (χ4v) is 5.80. The van der Waals surface area contributed by atoms with E-state index < -0.39 is 11.7 Å². The lowest BCUT2D eigenvalue weighted by Gasteiger charge is -2.32. The highest BCUT2D eigenvalue weighted by Gasteiger charge is 2.45. The summed E-state index contributed by atoms with van der Waals surface area (Å²) in [6.07, 6.45) is 3.68. The second-order valence-corrected chi connectivity index (χ2v) is 11.4. The molecule has 2 aromatic rings. The topological polar surface area (TPSA) is 104 Å². The van der Waals surface area contributed by atoms with Crippen molar-refractivity contribution in [2.24, 2.45) is 17.8 Å². The lowest BCUT2D eigenvalue weighted by molar-refractivity contribution is -0.145. The number of nitrogens with one attached hydrogen (secondary N) is 3. The van der Waals surface area contributed by atoms with Crippen LogP contribution in [0.3, 0.4) is 0 Å². The molecule has 2 aromatic carbocycles. The monoisotopic (exact) mass is 616 g/mol. The molecule has 0 aromatic heterocycles. The molecule has 3 N–H and O–H groups in total. The van der Waals surface area contributed by atoms with Crippen LogP contribution in [0.25, 0.3) is 0 Å². The van der Waals surface area contributed by atoms with Crippen LogP contribution >= 0.6 is 15.9 Å². The number of piperidine rings is 1. The second kappa shape index (κ2) is 14.1. The molecule has 1 saturated carbocycles. The lowest BCUT2D eigenvalue weighted by Crippen LogP contribution is -2.44. The summed E-state index contributed by atoms with van der Waals surface area (Å²) >= 11 is 3.46. The van der Waals surface area contributed by atoms with Gasteiger partial charge in [-0.2, -0.15) is 0 Å². The predicted octanol–water partition coefficient (Wildman–Crippen LogP) is 4.55. The third kappa shape index (κ3) is 8.04. The van der Waals surface area contributed by atoms with Crippen LogP contribution in [0.4, 0.5) is 4.39 Å². The Balaban J connectivity index is 1.23. The average molecular weight is 618 g/mol. The van der Waals surface area contributed by atoms with Crippen molar-refractivity contribution in [2.45, 2.75) is 39.0 Å². The van der Waals surface area contributed by atoms with Gasteiger partial charge in [-0.05, 0) is 99.8 Å². The van der Waals surface area contributed by atoms with Gasteiger partial charge in [-0.25, -0.2) is 4.39 Å². The number of carbonyl (C=O) groups excluding carboxylic acids is 2. The molecule has 0 bridgehead atoms. The summed E-state index contributed by atoms with van der Waals surface area (Å²) < 4.78 is 26.2. The maximum Gasteiger partial charge on any atom is 0.309 e. The number of amides is 1. The van der Waals surface area contributed by atoms with Gasteiger partial charge in [-0.15, -0.1) is 0 Å². The van der Waals surface area contributed by atoms with Crippen LogP contribution in [0.15, 0.2) is 40.9 Å². The van der Waals surface area contributed by atoms with Crippen LogP contribution in [-0.2, 0) is 22.4 Å². The van der Waals surface area contributed by atoms with Gasteiger partial charge in [0.25, 0.3) is 5.91 Å². The zero-order valence-corrected chi connectivity index (χ0v) is 24.7. The maximum atomic E-state index is 14.8. The van der Waals surface area contributed by atoms with E-state index in [1.54, 1.807) is 13.2 Å². The molecule has 1 amide bonds. The zero-order chi connectivity index (χ0) is 28.6. The van der Waals surface area contributed by atoms with E-state index in [1.165, 1.54) is 12.1 Å². The summed E-state index contributed by atoms with van der Waals surface area (Å²) in [6.45, 7) is 5.69. The molecule has 2 atom stereocenters. The molecule has 40 heavy (non-hydrogen) atoms. The number of hydrogen-bond donors (Lipinski definition) is 3. The van der Waals surface area contributed by atoms with E-state index in [4.69, 9.17) is 14.9 Å².